The van der Waals surface area contributed by atoms with Crippen LogP contribution in [0.2, 0.25) is 0 Å². The molecule has 1 aromatic carbocycles. The van der Waals surface area contributed by atoms with Crippen molar-refractivity contribution < 1.29 is 24.2 Å². The van der Waals surface area contributed by atoms with Gasteiger partial charge in [0.25, 0.3) is 0 Å². The van der Waals surface area contributed by atoms with Crippen molar-refractivity contribution in [2.45, 2.75) is 45.4 Å². The molecule has 0 N–H and O–H groups in total. The van der Waals surface area contributed by atoms with E-state index in [0.717, 1.165) is 5.92 Å². The molecule has 1 saturated carbocycles. The van der Waals surface area contributed by atoms with Crippen molar-refractivity contribution >= 4 is 3.21 Å². The fraction of sp³-hybridized carbons (Fsp3) is 0.533. The average molecular weight is 292 g/mol. The molecule has 16 heavy (non-hydrogen) atoms. The Morgan fingerprint density at radius 1 is 1.12 bits per heavy atom. The Morgan fingerprint density at radius 3 is 2.19 bits per heavy atom. The Balaban J connectivity index is 2.11. The fourth-order valence-electron chi connectivity index (χ4n) is 2.50. The second-order valence-electron chi connectivity index (χ2n) is 5.17. The van der Waals surface area contributed by atoms with E-state index in [-0.39, 0.29) is 0 Å². The second-order valence-corrected chi connectivity index (χ2v) is 6.50. The average Bonchev–Trinajstić information content (AvgIpc) is 2.81. The predicted molar refractivity (Wildman–Crippen MR) is 66.6 cm³/mol. The van der Waals surface area contributed by atoms with Crippen LogP contribution in [0, 0.1) is 5.92 Å². The van der Waals surface area contributed by atoms with Crippen LogP contribution in [-0.2, 0) is 24.2 Å². The van der Waals surface area contributed by atoms with Crippen LogP contribution in [0.25, 0.3) is 0 Å². The first-order valence-electron chi connectivity index (χ1n) is 6.37. The number of hydrogen-bond acceptors (Lipinski definition) is 0. The molecule has 0 aromatic heterocycles. The molecule has 0 spiro atoms. The summed E-state index contributed by atoms with van der Waals surface area (Å²) in [6.07, 6.45) is 5.72. The van der Waals surface area contributed by atoms with Crippen LogP contribution < -0.4 is 0 Å². The monoisotopic (exact) mass is 290 g/mol. The SMILES string of the molecule is CC(C)c1ccc([C](=[Zr+2])C2CCCC2)cc1. The van der Waals surface area contributed by atoms with Crippen molar-refractivity contribution in [2.75, 3.05) is 0 Å². The number of hydrogen-bond donors (Lipinski definition) is 0. The zero-order valence-electron chi connectivity index (χ0n) is 10.3. The van der Waals surface area contributed by atoms with Gasteiger partial charge < -0.3 is 0 Å². The van der Waals surface area contributed by atoms with E-state index >= 15 is 0 Å². The van der Waals surface area contributed by atoms with Crippen LogP contribution in [0.5, 0.6) is 0 Å². The molecule has 1 aliphatic carbocycles. The van der Waals surface area contributed by atoms with Gasteiger partial charge in [0.2, 0.25) is 0 Å². The van der Waals surface area contributed by atoms with Gasteiger partial charge in [0.05, 0.1) is 0 Å². The quantitative estimate of drug-likeness (QED) is 0.787. The first-order chi connectivity index (χ1) is 7.68. The minimum atomic E-state index is 0.647. The molecule has 0 unspecified atom stereocenters. The van der Waals surface area contributed by atoms with E-state index in [1.807, 2.05) is 0 Å². The minimum absolute atomic E-state index is 0.647. The van der Waals surface area contributed by atoms with E-state index in [2.05, 4.69) is 38.1 Å². The first-order valence-corrected chi connectivity index (χ1v) is 7.60. The summed E-state index contributed by atoms with van der Waals surface area (Å²) in [7, 11) is 0. The van der Waals surface area contributed by atoms with Crippen LogP contribution in [0.3, 0.4) is 0 Å². The van der Waals surface area contributed by atoms with Gasteiger partial charge in [0, 0.05) is 0 Å². The third-order valence-corrected chi connectivity index (χ3v) is 5.36. The summed E-state index contributed by atoms with van der Waals surface area (Å²) in [6, 6.07) is 9.27. The van der Waals surface area contributed by atoms with Gasteiger partial charge in [-0.1, -0.05) is 0 Å². The Bertz CT molecular complexity index is 356. The number of rotatable bonds is 3. The first kappa shape index (κ1) is 12.4. The molecular weight excluding hydrogens is 271 g/mol. The molecular formula is C15H20Zr+2. The zero-order valence-corrected chi connectivity index (χ0v) is 12.8. The second kappa shape index (κ2) is 5.54. The molecule has 1 aromatic rings. The van der Waals surface area contributed by atoms with Gasteiger partial charge >= 0.3 is 114 Å². The van der Waals surface area contributed by atoms with E-state index in [0.29, 0.717) is 5.92 Å². The normalized spacial score (nSPS) is 17.1. The van der Waals surface area contributed by atoms with Crippen molar-refractivity contribution in [2.24, 2.45) is 5.92 Å². The third-order valence-electron chi connectivity index (χ3n) is 3.65. The van der Waals surface area contributed by atoms with Crippen molar-refractivity contribution in [1.29, 1.82) is 0 Å². The Labute approximate surface area is 114 Å². The van der Waals surface area contributed by atoms with Crippen LogP contribution >= 0.6 is 0 Å². The molecule has 2 rings (SSSR count). The maximum absolute atomic E-state index is 2.33. The molecule has 0 heterocycles. The summed E-state index contributed by atoms with van der Waals surface area (Å²) in [6.45, 7) is 4.52. The summed E-state index contributed by atoms with van der Waals surface area (Å²) in [4.78, 5) is 0. The predicted octanol–water partition coefficient (Wildman–Crippen LogP) is 4.07. The number of benzene rings is 1. The molecule has 82 valence electrons. The topological polar surface area (TPSA) is 0 Å². The van der Waals surface area contributed by atoms with E-state index in [9.17, 15) is 0 Å². The van der Waals surface area contributed by atoms with Crippen LogP contribution in [-0.4, -0.2) is 3.21 Å². The van der Waals surface area contributed by atoms with Crippen LogP contribution in [0.1, 0.15) is 56.6 Å². The summed E-state index contributed by atoms with van der Waals surface area (Å²) in [5.41, 5.74) is 2.95. The van der Waals surface area contributed by atoms with Gasteiger partial charge in [-0.05, 0) is 0 Å². The van der Waals surface area contributed by atoms with Gasteiger partial charge in [-0.2, -0.15) is 0 Å². The standard InChI is InChI=1S/C15H20.Zr/c1-12(2)15-9-7-14(8-10-15)11-13-5-3-4-6-13;/h7-10,12-13H,3-6H2,1-2H3;/q;+2. The van der Waals surface area contributed by atoms with Gasteiger partial charge in [-0.15, -0.1) is 0 Å². The third kappa shape index (κ3) is 2.80. The maximum atomic E-state index is 2.33. The summed E-state index contributed by atoms with van der Waals surface area (Å²) < 4.78 is 1.69. The van der Waals surface area contributed by atoms with Crippen molar-refractivity contribution in [3.05, 3.63) is 35.4 Å². The van der Waals surface area contributed by atoms with E-state index in [4.69, 9.17) is 0 Å². The Hall–Kier alpha value is -0.0269. The summed E-state index contributed by atoms with van der Waals surface area (Å²) >= 11 is 1.61. The summed E-state index contributed by atoms with van der Waals surface area (Å²) in [5, 5.41) is 0. The fourth-order valence-corrected chi connectivity index (χ4v) is 3.62. The molecule has 0 saturated heterocycles. The Kier molecular flexibility index (Phi) is 4.30. The van der Waals surface area contributed by atoms with Gasteiger partial charge in [-0.25, -0.2) is 0 Å². The van der Waals surface area contributed by atoms with Crippen molar-refractivity contribution in [3.63, 3.8) is 0 Å². The molecule has 0 radical (unpaired) electrons. The molecule has 1 fully saturated rings. The molecule has 0 aliphatic heterocycles. The molecule has 1 aliphatic rings. The molecule has 0 amide bonds. The van der Waals surface area contributed by atoms with E-state index in [1.165, 1.54) is 36.8 Å². The van der Waals surface area contributed by atoms with Crippen LogP contribution in [0.4, 0.5) is 0 Å². The molecule has 1 heteroatoms. The Morgan fingerprint density at radius 2 is 1.69 bits per heavy atom. The zero-order chi connectivity index (χ0) is 11.5. The van der Waals surface area contributed by atoms with Gasteiger partial charge in [-0.3, -0.25) is 0 Å². The van der Waals surface area contributed by atoms with Gasteiger partial charge in [0.1, 0.15) is 0 Å². The summed E-state index contributed by atoms with van der Waals surface area (Å²) in [5.74, 6) is 1.54. The van der Waals surface area contributed by atoms with Gasteiger partial charge in [0.15, 0.2) is 0 Å². The van der Waals surface area contributed by atoms with Crippen LogP contribution in [0.15, 0.2) is 24.3 Å². The molecule has 0 atom stereocenters. The molecule has 0 bridgehead atoms. The van der Waals surface area contributed by atoms with Crippen molar-refractivity contribution in [3.8, 4) is 0 Å². The van der Waals surface area contributed by atoms with E-state index < -0.39 is 0 Å². The van der Waals surface area contributed by atoms with E-state index in [1.54, 1.807) is 27.4 Å². The molecule has 0 nitrogen and oxygen atoms in total. The van der Waals surface area contributed by atoms with Crippen molar-refractivity contribution in [1.82, 2.24) is 0 Å².